The van der Waals surface area contributed by atoms with Gasteiger partial charge in [-0.05, 0) is 23.8 Å². The Morgan fingerprint density at radius 1 is 1.23 bits per heavy atom. The molecule has 10 heteroatoms. The number of hydrogen-bond donors (Lipinski definition) is 3. The Balaban J connectivity index is 2.39. The summed E-state index contributed by atoms with van der Waals surface area (Å²) in [5.74, 6) is -1.36. The lowest BCUT2D eigenvalue weighted by atomic mass is 10.2. The molecule has 0 aliphatic carbocycles. The van der Waals surface area contributed by atoms with Gasteiger partial charge in [0, 0.05) is 0 Å². The first-order valence-electron chi connectivity index (χ1n) is 5.63. The standard InChI is InChI=1S/C12H7Cl2N3O5/c13-6-3-5(4-7(14)10(6)18)1-2-8-15-11(19)9(17(21)22)12(20)16-8/h1-4,18H,(H2,15,16,19,20)/b2-1+. The number of nitrogens with one attached hydrogen (secondary N) is 1. The Hall–Kier alpha value is -2.58. The molecule has 3 N–H and O–H groups in total. The highest BCUT2D eigenvalue weighted by atomic mass is 35.5. The van der Waals surface area contributed by atoms with Gasteiger partial charge in [-0.2, -0.15) is 4.98 Å². The highest BCUT2D eigenvalue weighted by Gasteiger charge is 2.21. The van der Waals surface area contributed by atoms with Crippen LogP contribution in [-0.2, 0) is 0 Å². The predicted molar refractivity (Wildman–Crippen MR) is 80.2 cm³/mol. The second-order valence-corrected chi connectivity index (χ2v) is 4.86. The zero-order valence-corrected chi connectivity index (χ0v) is 12.1. The lowest BCUT2D eigenvalue weighted by Gasteiger charge is -2.01. The maximum absolute atomic E-state index is 11.5. The molecule has 0 amide bonds. The molecule has 0 fully saturated rings. The summed E-state index contributed by atoms with van der Waals surface area (Å²) in [6.45, 7) is 0. The third-order valence-corrected chi connectivity index (χ3v) is 3.13. The first-order valence-corrected chi connectivity index (χ1v) is 6.39. The van der Waals surface area contributed by atoms with Crippen LogP contribution in [-0.4, -0.2) is 25.1 Å². The molecule has 1 aromatic heterocycles. The zero-order chi connectivity index (χ0) is 16.4. The molecule has 8 nitrogen and oxygen atoms in total. The molecular weight excluding hydrogens is 337 g/mol. The quantitative estimate of drug-likeness (QED) is 0.580. The van der Waals surface area contributed by atoms with Gasteiger partial charge >= 0.3 is 11.2 Å². The van der Waals surface area contributed by atoms with Crippen LogP contribution in [0.4, 0.5) is 5.69 Å². The van der Waals surface area contributed by atoms with E-state index in [0.29, 0.717) is 5.56 Å². The number of nitrogens with zero attached hydrogens (tertiary/aromatic N) is 2. The summed E-state index contributed by atoms with van der Waals surface area (Å²) < 4.78 is 0. The fourth-order valence-electron chi connectivity index (χ4n) is 1.57. The number of aromatic hydroxyl groups is 2. The summed E-state index contributed by atoms with van der Waals surface area (Å²) in [5.41, 5.74) is -1.64. The van der Waals surface area contributed by atoms with Gasteiger partial charge in [-0.15, -0.1) is 0 Å². The molecule has 1 aromatic carbocycles. The number of aromatic nitrogens is 2. The van der Waals surface area contributed by atoms with E-state index in [1.54, 1.807) is 0 Å². The minimum absolute atomic E-state index is 0.0279. The van der Waals surface area contributed by atoms with E-state index in [2.05, 4.69) is 9.97 Å². The number of halogens is 2. The lowest BCUT2D eigenvalue weighted by Crippen LogP contribution is -2.14. The van der Waals surface area contributed by atoms with Crippen molar-refractivity contribution in [3.05, 3.63) is 54.0 Å². The molecule has 0 atom stereocenters. The second kappa shape index (κ2) is 6.04. The van der Waals surface area contributed by atoms with Gasteiger partial charge in [-0.25, -0.2) is 0 Å². The third kappa shape index (κ3) is 3.18. The number of H-pyrrole nitrogens is 1. The molecule has 0 saturated heterocycles. The number of phenols is 1. The van der Waals surface area contributed by atoms with Crippen molar-refractivity contribution in [1.29, 1.82) is 0 Å². The van der Waals surface area contributed by atoms with Crippen LogP contribution in [0.5, 0.6) is 11.6 Å². The molecular formula is C12H7Cl2N3O5. The maximum Gasteiger partial charge on any atom is 0.395 e. The highest BCUT2D eigenvalue weighted by Crippen LogP contribution is 2.33. The van der Waals surface area contributed by atoms with Gasteiger partial charge in [-0.3, -0.25) is 14.9 Å². The number of nitro groups is 1. The van der Waals surface area contributed by atoms with Crippen LogP contribution < -0.4 is 5.56 Å². The van der Waals surface area contributed by atoms with E-state index in [1.165, 1.54) is 24.3 Å². The molecule has 0 aliphatic heterocycles. The van der Waals surface area contributed by atoms with Crippen LogP contribution >= 0.6 is 23.2 Å². The Morgan fingerprint density at radius 3 is 2.32 bits per heavy atom. The number of hydrogen-bond acceptors (Lipinski definition) is 6. The summed E-state index contributed by atoms with van der Waals surface area (Å²) in [6.07, 6.45) is 2.71. The summed E-state index contributed by atoms with van der Waals surface area (Å²) in [6, 6.07) is 2.81. The van der Waals surface area contributed by atoms with E-state index >= 15 is 0 Å². The molecule has 0 bridgehead atoms. The smallest absolute Gasteiger partial charge is 0.395 e. The van der Waals surface area contributed by atoms with Crippen LogP contribution in [0.25, 0.3) is 12.2 Å². The van der Waals surface area contributed by atoms with Crippen LogP contribution in [0.3, 0.4) is 0 Å². The molecule has 2 aromatic rings. The Labute approximate surface area is 132 Å². The van der Waals surface area contributed by atoms with Crippen molar-refractivity contribution in [1.82, 2.24) is 9.97 Å². The van der Waals surface area contributed by atoms with E-state index in [4.69, 9.17) is 23.2 Å². The first kappa shape index (κ1) is 15.8. The molecule has 2 rings (SSSR count). The molecule has 114 valence electrons. The SMILES string of the molecule is O=c1[nH]c(/C=C/c2cc(Cl)c(O)c(Cl)c2)nc(O)c1[N+](=O)[O-]. The maximum atomic E-state index is 11.5. The largest absolute Gasteiger partial charge is 0.505 e. The van der Waals surface area contributed by atoms with E-state index in [0.717, 1.165) is 0 Å². The van der Waals surface area contributed by atoms with Gasteiger partial charge in [0.05, 0.1) is 15.0 Å². The topological polar surface area (TPSA) is 129 Å². The fourth-order valence-corrected chi connectivity index (χ4v) is 2.08. The Kier molecular flexibility index (Phi) is 4.34. The Bertz CT molecular complexity index is 824. The molecule has 0 aliphatic rings. The van der Waals surface area contributed by atoms with E-state index in [1.807, 2.05) is 0 Å². The molecule has 0 radical (unpaired) electrons. The summed E-state index contributed by atoms with van der Waals surface area (Å²) in [4.78, 5) is 26.6. The fraction of sp³-hybridized carbons (Fsp3) is 0. The van der Waals surface area contributed by atoms with Crippen molar-refractivity contribution in [3.8, 4) is 11.6 Å². The van der Waals surface area contributed by atoms with Crippen molar-refractivity contribution >= 4 is 41.0 Å². The summed E-state index contributed by atoms with van der Waals surface area (Å²) in [5, 5.41) is 29.4. The van der Waals surface area contributed by atoms with E-state index < -0.39 is 22.0 Å². The minimum Gasteiger partial charge on any atom is -0.505 e. The lowest BCUT2D eigenvalue weighted by molar-refractivity contribution is -0.387. The molecule has 0 unspecified atom stereocenters. The average molecular weight is 344 g/mol. The second-order valence-electron chi connectivity index (χ2n) is 4.05. The normalized spacial score (nSPS) is 11.0. The molecule has 22 heavy (non-hydrogen) atoms. The Morgan fingerprint density at radius 2 is 1.82 bits per heavy atom. The number of benzene rings is 1. The van der Waals surface area contributed by atoms with E-state index in [9.17, 15) is 25.1 Å². The van der Waals surface area contributed by atoms with Crippen molar-refractivity contribution in [3.63, 3.8) is 0 Å². The van der Waals surface area contributed by atoms with Crippen LogP contribution in [0.2, 0.25) is 10.0 Å². The van der Waals surface area contributed by atoms with Crippen molar-refractivity contribution < 1.29 is 15.1 Å². The van der Waals surface area contributed by atoms with Crippen molar-refractivity contribution in [2.24, 2.45) is 0 Å². The van der Waals surface area contributed by atoms with Crippen LogP contribution in [0, 0.1) is 10.1 Å². The molecule has 1 heterocycles. The number of phenolic OH excluding ortho intramolecular Hbond substituents is 1. The predicted octanol–water partition coefficient (Wildman–Crippen LogP) is 2.57. The first-order chi connectivity index (χ1) is 10.3. The third-order valence-electron chi connectivity index (χ3n) is 2.55. The zero-order valence-electron chi connectivity index (χ0n) is 10.6. The highest BCUT2D eigenvalue weighted by molar-refractivity contribution is 6.37. The van der Waals surface area contributed by atoms with Crippen LogP contribution in [0.15, 0.2) is 16.9 Å². The van der Waals surface area contributed by atoms with E-state index in [-0.39, 0.29) is 21.6 Å². The minimum atomic E-state index is -1.08. The van der Waals surface area contributed by atoms with Gasteiger partial charge in [0.15, 0.2) is 5.75 Å². The summed E-state index contributed by atoms with van der Waals surface area (Å²) in [7, 11) is 0. The van der Waals surface area contributed by atoms with Crippen LogP contribution in [0.1, 0.15) is 11.4 Å². The van der Waals surface area contributed by atoms with Gasteiger partial charge < -0.3 is 15.2 Å². The number of rotatable bonds is 3. The van der Waals surface area contributed by atoms with Crippen molar-refractivity contribution in [2.45, 2.75) is 0 Å². The molecule has 0 saturated carbocycles. The van der Waals surface area contributed by atoms with Crippen molar-refractivity contribution in [2.75, 3.05) is 0 Å². The van der Waals surface area contributed by atoms with Gasteiger partial charge in [0.1, 0.15) is 5.82 Å². The van der Waals surface area contributed by atoms with Gasteiger partial charge in [0.2, 0.25) is 0 Å². The van der Waals surface area contributed by atoms with Gasteiger partial charge in [0.25, 0.3) is 5.88 Å². The number of aromatic amines is 1. The monoisotopic (exact) mass is 343 g/mol. The summed E-state index contributed by atoms with van der Waals surface area (Å²) >= 11 is 11.5. The average Bonchev–Trinajstić information content (AvgIpc) is 2.41. The molecule has 0 spiro atoms. The van der Waals surface area contributed by atoms with Gasteiger partial charge in [-0.1, -0.05) is 29.3 Å².